The molecule has 3 N–H and O–H groups in total. The summed E-state index contributed by atoms with van der Waals surface area (Å²) in [6, 6.07) is 9.36. The van der Waals surface area contributed by atoms with Gasteiger partial charge in [-0.05, 0) is 48.7 Å². The lowest BCUT2D eigenvalue weighted by Crippen LogP contribution is -2.45. The largest absolute Gasteiger partial charge is 0.403 e. The topological polar surface area (TPSA) is 131 Å². The van der Waals surface area contributed by atoms with Crippen LogP contribution in [0, 0.1) is 0 Å². The van der Waals surface area contributed by atoms with Crippen LogP contribution in [0.4, 0.5) is 20.5 Å². The third kappa shape index (κ3) is 5.46. The Bertz CT molecular complexity index is 1430. The fourth-order valence-corrected chi connectivity index (χ4v) is 6.33. The summed E-state index contributed by atoms with van der Waals surface area (Å²) in [6.07, 6.45) is 0.452. The molecule has 1 unspecified atom stereocenters. The Morgan fingerprint density at radius 3 is 2.68 bits per heavy atom. The highest BCUT2D eigenvalue weighted by molar-refractivity contribution is 7.91. The van der Waals surface area contributed by atoms with E-state index in [1.807, 2.05) is 0 Å². The molecule has 1 aliphatic heterocycles. The van der Waals surface area contributed by atoms with Crippen molar-refractivity contribution in [1.29, 1.82) is 0 Å². The van der Waals surface area contributed by atoms with Crippen molar-refractivity contribution in [3.63, 3.8) is 0 Å². The number of aromatic nitrogens is 2. The highest BCUT2D eigenvalue weighted by Gasteiger charge is 2.38. The summed E-state index contributed by atoms with van der Waals surface area (Å²) in [5, 5.41) is 11.3. The van der Waals surface area contributed by atoms with Crippen LogP contribution >= 0.6 is 11.6 Å². The molecule has 13 heteroatoms. The zero-order valence-corrected chi connectivity index (χ0v) is 21.1. The molecule has 2 aliphatic rings. The van der Waals surface area contributed by atoms with Gasteiger partial charge in [-0.1, -0.05) is 28.8 Å². The van der Waals surface area contributed by atoms with Crippen molar-refractivity contribution in [2.45, 2.75) is 55.1 Å². The summed E-state index contributed by atoms with van der Waals surface area (Å²) >= 11 is 5.97. The van der Waals surface area contributed by atoms with Crippen LogP contribution < -0.4 is 16.0 Å². The third-order valence-corrected chi connectivity index (χ3v) is 8.53. The molecule has 1 aliphatic carbocycles. The van der Waals surface area contributed by atoms with E-state index in [2.05, 4.69) is 15.5 Å². The van der Waals surface area contributed by atoms with Crippen LogP contribution in [0.2, 0.25) is 5.02 Å². The van der Waals surface area contributed by atoms with Gasteiger partial charge >= 0.3 is 6.01 Å². The molecule has 0 bridgehead atoms. The molecule has 1 saturated carbocycles. The molecule has 9 nitrogen and oxygen atoms in total. The predicted octanol–water partition coefficient (Wildman–Crippen LogP) is 4.03. The molecule has 0 saturated heterocycles. The van der Waals surface area contributed by atoms with Gasteiger partial charge in [0, 0.05) is 29.5 Å². The van der Waals surface area contributed by atoms with E-state index in [0.29, 0.717) is 29.0 Å². The number of hydrogen-bond donors (Lipinski definition) is 2. The lowest BCUT2D eigenvalue weighted by molar-refractivity contribution is -0.119. The number of carbonyl (C=O) groups is 1. The molecule has 0 radical (unpaired) electrons. The molecule has 3 aromatic rings. The molecule has 2 atom stereocenters. The van der Waals surface area contributed by atoms with Gasteiger partial charge in [-0.15, -0.1) is 5.10 Å². The minimum atomic E-state index is -3.88. The molecule has 2 heterocycles. The van der Waals surface area contributed by atoms with Crippen molar-refractivity contribution in [1.82, 2.24) is 10.2 Å². The van der Waals surface area contributed by atoms with Gasteiger partial charge in [-0.2, -0.15) is 0 Å². The fourth-order valence-electron chi connectivity index (χ4n) is 4.64. The number of alkyl halides is 2. The molecule has 1 fully saturated rings. The number of nitrogens with one attached hydrogen (secondary N) is 1. The van der Waals surface area contributed by atoms with Crippen molar-refractivity contribution in [3.05, 3.63) is 53.1 Å². The maximum Gasteiger partial charge on any atom is 0.315 e. The number of benzene rings is 2. The van der Waals surface area contributed by atoms with Crippen LogP contribution in [0.25, 0.3) is 11.5 Å². The van der Waals surface area contributed by atoms with E-state index in [1.54, 1.807) is 24.3 Å². The Morgan fingerprint density at radius 2 is 1.95 bits per heavy atom. The monoisotopic (exact) mass is 551 g/mol. The summed E-state index contributed by atoms with van der Waals surface area (Å²) in [6.45, 7) is 0.0577. The van der Waals surface area contributed by atoms with Crippen molar-refractivity contribution in [2.24, 2.45) is 5.73 Å². The van der Waals surface area contributed by atoms with E-state index in [0.717, 1.165) is 0 Å². The number of carbonyl (C=O) groups excluding carboxylic acids is 1. The van der Waals surface area contributed by atoms with Gasteiger partial charge in [-0.25, -0.2) is 17.2 Å². The fraction of sp³-hybridized carbons (Fsp3) is 0.375. The highest BCUT2D eigenvalue weighted by atomic mass is 35.5. The Labute approximate surface area is 216 Å². The number of halogens is 3. The summed E-state index contributed by atoms with van der Waals surface area (Å²) in [5.41, 5.74) is 7.17. The summed E-state index contributed by atoms with van der Waals surface area (Å²) < 4.78 is 59.2. The Hall–Kier alpha value is -3.09. The van der Waals surface area contributed by atoms with E-state index in [9.17, 15) is 22.0 Å². The lowest BCUT2D eigenvalue weighted by Gasteiger charge is -2.28. The van der Waals surface area contributed by atoms with Crippen LogP contribution in [0.5, 0.6) is 0 Å². The first kappa shape index (κ1) is 25.6. The predicted molar refractivity (Wildman–Crippen MR) is 133 cm³/mol. The number of amides is 1. The molecular formula is C24H24ClF2N5O4S. The number of hydrogen-bond acceptors (Lipinski definition) is 8. The van der Waals surface area contributed by atoms with Gasteiger partial charge in [-0.3, -0.25) is 4.79 Å². The third-order valence-electron chi connectivity index (χ3n) is 6.46. The highest BCUT2D eigenvalue weighted by Crippen LogP contribution is 2.37. The standard InChI is InChI=1S/C24H24ClF2N5O4S/c25-16-6-3-14(4-7-16)12-32-19-10-15(5-8-20(19)37(34,35)13-18(28)22(32)33)21-30-31-23(36-21)29-17-2-1-9-24(26,27)11-17/h3-8,10,17-18H,1-2,9,11-13,28H2,(H,29,31)/t17?,18-/m0/s1. The van der Waals surface area contributed by atoms with Gasteiger partial charge in [0.1, 0.15) is 0 Å². The second kappa shape index (κ2) is 9.66. The molecule has 37 heavy (non-hydrogen) atoms. The number of sulfone groups is 1. The average molecular weight is 552 g/mol. The van der Waals surface area contributed by atoms with Gasteiger partial charge in [0.25, 0.3) is 0 Å². The minimum absolute atomic E-state index is 0.0172. The van der Waals surface area contributed by atoms with E-state index < -0.39 is 39.5 Å². The number of nitrogens with zero attached hydrogens (tertiary/aromatic N) is 3. The van der Waals surface area contributed by atoms with Gasteiger partial charge in [0.05, 0.1) is 28.9 Å². The van der Waals surface area contributed by atoms with Gasteiger partial charge in [0.2, 0.25) is 17.7 Å². The molecule has 5 rings (SSSR count). The Balaban J connectivity index is 1.48. The number of fused-ring (bicyclic) bond motifs is 1. The quantitative estimate of drug-likeness (QED) is 0.486. The maximum absolute atomic E-state index is 13.8. The first-order chi connectivity index (χ1) is 17.5. The summed E-state index contributed by atoms with van der Waals surface area (Å²) in [4.78, 5) is 14.4. The van der Waals surface area contributed by atoms with Crippen molar-refractivity contribution in [3.8, 4) is 11.5 Å². The van der Waals surface area contributed by atoms with Gasteiger partial charge < -0.3 is 20.4 Å². The van der Waals surface area contributed by atoms with E-state index in [1.165, 1.54) is 23.1 Å². The van der Waals surface area contributed by atoms with Crippen LogP contribution in [0.1, 0.15) is 31.2 Å². The Kier molecular flexibility index (Phi) is 6.67. The first-order valence-corrected chi connectivity index (χ1v) is 13.7. The maximum atomic E-state index is 13.8. The zero-order chi connectivity index (χ0) is 26.4. The average Bonchev–Trinajstić information content (AvgIpc) is 3.28. The summed E-state index contributed by atoms with van der Waals surface area (Å²) in [5.74, 6) is -3.80. The molecule has 0 spiro atoms. The molecular weight excluding hydrogens is 528 g/mol. The van der Waals surface area contributed by atoms with Crippen LogP contribution in [-0.4, -0.2) is 48.3 Å². The van der Waals surface area contributed by atoms with E-state index in [-0.39, 0.29) is 41.9 Å². The van der Waals surface area contributed by atoms with E-state index in [4.69, 9.17) is 21.8 Å². The molecule has 196 valence electrons. The SMILES string of the molecule is N[C@H]1CS(=O)(=O)c2ccc(-c3nnc(NC4CCCC(F)(F)C4)o3)cc2N(Cc2ccc(Cl)cc2)C1=O. The lowest BCUT2D eigenvalue weighted by atomic mass is 9.92. The van der Waals surface area contributed by atoms with E-state index >= 15 is 0 Å². The number of nitrogens with two attached hydrogens (primary N) is 1. The smallest absolute Gasteiger partial charge is 0.315 e. The second-order valence-corrected chi connectivity index (χ2v) is 11.8. The van der Waals surface area contributed by atoms with Crippen molar-refractivity contribution >= 4 is 39.0 Å². The van der Waals surface area contributed by atoms with Crippen molar-refractivity contribution < 1.29 is 26.4 Å². The zero-order valence-electron chi connectivity index (χ0n) is 19.5. The Morgan fingerprint density at radius 1 is 1.19 bits per heavy atom. The second-order valence-electron chi connectivity index (χ2n) is 9.33. The first-order valence-electron chi connectivity index (χ1n) is 11.7. The number of anilines is 2. The molecule has 1 amide bonds. The van der Waals surface area contributed by atoms with Crippen LogP contribution in [0.15, 0.2) is 51.8 Å². The molecule has 1 aromatic heterocycles. The number of rotatable bonds is 5. The summed E-state index contributed by atoms with van der Waals surface area (Å²) in [7, 11) is -3.88. The van der Waals surface area contributed by atoms with Crippen LogP contribution in [-0.2, 0) is 21.2 Å². The van der Waals surface area contributed by atoms with Crippen LogP contribution in [0.3, 0.4) is 0 Å². The minimum Gasteiger partial charge on any atom is -0.403 e. The normalized spacial score (nSPS) is 22.8. The van der Waals surface area contributed by atoms with Gasteiger partial charge in [0.15, 0.2) is 9.84 Å². The molecule has 2 aromatic carbocycles. The van der Waals surface area contributed by atoms with Crippen molar-refractivity contribution in [2.75, 3.05) is 16.0 Å².